The molecule has 0 spiro atoms. The highest BCUT2D eigenvalue weighted by molar-refractivity contribution is 6.69. The molecular formula is C22H32F3NO4Si. The highest BCUT2D eigenvalue weighted by atomic mass is 28.4. The SMILES string of the molecule is CC(C)(C)N(C[C@@H](COc1cccc2c1CCCC2=O)O[Si](C)(C)C)C(=O)C(F)(F)F. The zero-order chi connectivity index (χ0) is 23.6. The third kappa shape index (κ3) is 7.07. The van der Waals surface area contributed by atoms with Gasteiger partial charge in [-0.1, -0.05) is 12.1 Å². The number of benzene rings is 1. The first-order valence-corrected chi connectivity index (χ1v) is 13.8. The number of fused-ring (bicyclic) bond motifs is 1. The van der Waals surface area contributed by atoms with Crippen LogP contribution in [0.2, 0.25) is 19.6 Å². The van der Waals surface area contributed by atoms with Gasteiger partial charge in [0, 0.05) is 29.6 Å². The number of carbonyl (C=O) groups is 2. The Morgan fingerprint density at radius 3 is 2.35 bits per heavy atom. The van der Waals surface area contributed by atoms with Crippen molar-refractivity contribution in [3.05, 3.63) is 29.3 Å². The minimum Gasteiger partial charge on any atom is -0.491 e. The van der Waals surface area contributed by atoms with Crippen molar-refractivity contribution in [1.29, 1.82) is 0 Å². The van der Waals surface area contributed by atoms with Gasteiger partial charge >= 0.3 is 12.1 Å². The fourth-order valence-corrected chi connectivity index (χ4v) is 4.75. The summed E-state index contributed by atoms with van der Waals surface area (Å²) in [5.74, 6) is -1.29. The molecule has 0 aliphatic heterocycles. The largest absolute Gasteiger partial charge is 0.491 e. The number of hydrogen-bond acceptors (Lipinski definition) is 4. The van der Waals surface area contributed by atoms with Crippen LogP contribution in [-0.4, -0.2) is 55.9 Å². The van der Waals surface area contributed by atoms with Crippen molar-refractivity contribution in [3.8, 4) is 5.75 Å². The molecule has 1 aromatic carbocycles. The van der Waals surface area contributed by atoms with Gasteiger partial charge in [0.2, 0.25) is 0 Å². The number of nitrogens with zero attached hydrogens (tertiary/aromatic N) is 1. The van der Waals surface area contributed by atoms with E-state index in [1.165, 1.54) is 0 Å². The lowest BCUT2D eigenvalue weighted by molar-refractivity contribution is -0.191. The Labute approximate surface area is 183 Å². The van der Waals surface area contributed by atoms with Crippen molar-refractivity contribution in [2.75, 3.05) is 13.2 Å². The molecule has 0 radical (unpaired) electrons. The molecule has 0 saturated carbocycles. The van der Waals surface area contributed by atoms with E-state index in [9.17, 15) is 22.8 Å². The van der Waals surface area contributed by atoms with Crippen LogP contribution in [0.3, 0.4) is 0 Å². The maximum atomic E-state index is 13.2. The van der Waals surface area contributed by atoms with Crippen LogP contribution in [0.4, 0.5) is 13.2 Å². The number of rotatable bonds is 7. The third-order valence-corrected chi connectivity index (χ3v) is 5.93. The number of ketones is 1. The van der Waals surface area contributed by atoms with E-state index in [0.717, 1.165) is 16.9 Å². The van der Waals surface area contributed by atoms with E-state index < -0.39 is 32.0 Å². The number of ether oxygens (including phenoxy) is 1. The number of amides is 1. The summed E-state index contributed by atoms with van der Waals surface area (Å²) in [4.78, 5) is 25.1. The molecule has 2 rings (SSSR count). The van der Waals surface area contributed by atoms with Crippen LogP contribution in [0.5, 0.6) is 5.75 Å². The van der Waals surface area contributed by atoms with Gasteiger partial charge in [0.25, 0.3) is 0 Å². The van der Waals surface area contributed by atoms with Crippen LogP contribution in [0.25, 0.3) is 0 Å². The van der Waals surface area contributed by atoms with Crippen LogP contribution in [0.15, 0.2) is 18.2 Å². The minimum atomic E-state index is -4.98. The summed E-state index contributed by atoms with van der Waals surface area (Å²) in [6, 6.07) is 5.26. The van der Waals surface area contributed by atoms with E-state index in [1.807, 2.05) is 19.6 Å². The third-order valence-electron chi connectivity index (χ3n) is 4.89. The van der Waals surface area contributed by atoms with E-state index in [-0.39, 0.29) is 18.9 Å². The van der Waals surface area contributed by atoms with E-state index >= 15 is 0 Å². The molecule has 1 atom stereocenters. The van der Waals surface area contributed by atoms with Crippen molar-refractivity contribution >= 4 is 20.0 Å². The van der Waals surface area contributed by atoms with E-state index in [2.05, 4.69) is 0 Å². The fraction of sp³-hybridized carbons (Fsp3) is 0.636. The van der Waals surface area contributed by atoms with Gasteiger partial charge in [0.05, 0.1) is 6.10 Å². The summed E-state index contributed by atoms with van der Waals surface area (Å²) < 4.78 is 51.7. The molecule has 174 valence electrons. The van der Waals surface area contributed by atoms with Crippen molar-refractivity contribution in [3.63, 3.8) is 0 Å². The second kappa shape index (κ2) is 9.32. The number of carbonyl (C=O) groups excluding carboxylic acids is 2. The predicted molar refractivity (Wildman–Crippen MR) is 115 cm³/mol. The molecule has 0 bridgehead atoms. The summed E-state index contributed by atoms with van der Waals surface area (Å²) in [5, 5.41) is 0. The van der Waals surface area contributed by atoms with E-state index in [4.69, 9.17) is 9.16 Å². The van der Waals surface area contributed by atoms with Gasteiger partial charge in [-0.3, -0.25) is 9.59 Å². The first-order valence-electron chi connectivity index (χ1n) is 10.4. The Morgan fingerprint density at radius 2 is 1.81 bits per heavy atom. The first kappa shape index (κ1) is 25.4. The fourth-order valence-electron chi connectivity index (χ4n) is 3.61. The summed E-state index contributed by atoms with van der Waals surface area (Å²) in [7, 11) is -2.16. The Balaban J connectivity index is 2.26. The summed E-state index contributed by atoms with van der Waals surface area (Å²) in [6.07, 6.45) is -3.78. The molecule has 1 aromatic rings. The normalized spacial score (nSPS) is 16.0. The lowest BCUT2D eigenvalue weighted by Gasteiger charge is -2.39. The molecule has 0 unspecified atom stereocenters. The summed E-state index contributed by atoms with van der Waals surface area (Å²) in [5.41, 5.74) is 0.408. The lowest BCUT2D eigenvalue weighted by atomic mass is 9.90. The van der Waals surface area contributed by atoms with E-state index in [1.54, 1.807) is 39.0 Å². The van der Waals surface area contributed by atoms with Crippen LogP contribution in [0.1, 0.15) is 49.5 Å². The minimum absolute atomic E-state index is 0.0212. The number of alkyl halides is 3. The Bertz CT molecular complexity index is 812. The summed E-state index contributed by atoms with van der Waals surface area (Å²) in [6.45, 7) is 10.2. The van der Waals surface area contributed by atoms with Crippen LogP contribution >= 0.6 is 0 Å². The molecule has 9 heteroatoms. The molecule has 31 heavy (non-hydrogen) atoms. The van der Waals surface area contributed by atoms with Crippen LogP contribution in [0, 0.1) is 0 Å². The van der Waals surface area contributed by atoms with Crippen molar-refractivity contribution in [1.82, 2.24) is 4.90 Å². The van der Waals surface area contributed by atoms with Gasteiger partial charge in [0.1, 0.15) is 12.4 Å². The molecule has 5 nitrogen and oxygen atoms in total. The topological polar surface area (TPSA) is 55.8 Å². The second-order valence-electron chi connectivity index (χ2n) is 9.81. The number of hydrogen-bond donors (Lipinski definition) is 0. The molecule has 0 aromatic heterocycles. The molecule has 0 fully saturated rings. The van der Waals surface area contributed by atoms with Gasteiger partial charge in [0.15, 0.2) is 14.1 Å². The highest BCUT2D eigenvalue weighted by Crippen LogP contribution is 2.30. The van der Waals surface area contributed by atoms with Gasteiger partial charge < -0.3 is 14.1 Å². The maximum absolute atomic E-state index is 13.2. The average molecular weight is 460 g/mol. The first-order chi connectivity index (χ1) is 14.1. The average Bonchev–Trinajstić information content (AvgIpc) is 2.61. The standard InChI is InChI=1S/C22H32F3NO4Si/c1-21(2,3)26(20(28)22(23,24)25)13-15(30-31(4,5)6)14-29-19-12-8-9-16-17(19)10-7-11-18(16)27/h8-9,12,15H,7,10-11,13-14H2,1-6H3/t15-/m0/s1. The quantitative estimate of drug-likeness (QED) is 0.539. The molecule has 0 saturated heterocycles. The predicted octanol–water partition coefficient (Wildman–Crippen LogP) is 4.99. The van der Waals surface area contributed by atoms with E-state index in [0.29, 0.717) is 24.2 Å². The smallest absolute Gasteiger partial charge is 0.471 e. The number of Topliss-reactive ketones (excluding diaryl/α,β-unsaturated/α-hetero) is 1. The molecule has 0 N–H and O–H groups in total. The van der Waals surface area contributed by atoms with Gasteiger partial charge in [-0.2, -0.15) is 13.2 Å². The van der Waals surface area contributed by atoms with Crippen molar-refractivity contribution in [2.24, 2.45) is 0 Å². The zero-order valence-corrected chi connectivity index (χ0v) is 20.1. The van der Waals surface area contributed by atoms with Crippen LogP contribution < -0.4 is 4.74 Å². The maximum Gasteiger partial charge on any atom is 0.471 e. The highest BCUT2D eigenvalue weighted by Gasteiger charge is 2.46. The Kier molecular flexibility index (Phi) is 7.63. The molecule has 1 amide bonds. The van der Waals surface area contributed by atoms with Gasteiger partial charge in [-0.05, 0) is 59.3 Å². The monoisotopic (exact) mass is 459 g/mol. The molecule has 1 aliphatic rings. The molecule has 1 aliphatic carbocycles. The van der Waals surface area contributed by atoms with Gasteiger partial charge in [-0.25, -0.2) is 0 Å². The molecule has 0 heterocycles. The van der Waals surface area contributed by atoms with Crippen molar-refractivity contribution in [2.45, 2.75) is 77.5 Å². The Morgan fingerprint density at radius 1 is 1.16 bits per heavy atom. The Hall–Kier alpha value is -1.87. The van der Waals surface area contributed by atoms with Gasteiger partial charge in [-0.15, -0.1) is 0 Å². The zero-order valence-electron chi connectivity index (χ0n) is 19.1. The number of halogens is 3. The summed E-state index contributed by atoms with van der Waals surface area (Å²) >= 11 is 0. The van der Waals surface area contributed by atoms with Crippen molar-refractivity contribution < 1.29 is 31.9 Å². The lowest BCUT2D eigenvalue weighted by Crippen LogP contribution is -2.55. The van der Waals surface area contributed by atoms with Crippen LogP contribution in [-0.2, 0) is 15.6 Å². The molecular weight excluding hydrogens is 427 g/mol. The second-order valence-corrected chi connectivity index (χ2v) is 14.3.